The van der Waals surface area contributed by atoms with Crippen molar-refractivity contribution in [2.75, 3.05) is 6.61 Å². The van der Waals surface area contributed by atoms with Crippen molar-refractivity contribution in [3.05, 3.63) is 12.2 Å². The van der Waals surface area contributed by atoms with E-state index in [0.29, 0.717) is 12.8 Å². The number of hydrogen-bond acceptors (Lipinski definition) is 4. The molecule has 0 aromatic heterocycles. The van der Waals surface area contributed by atoms with Gasteiger partial charge in [0.1, 0.15) is 6.10 Å². The lowest BCUT2D eigenvalue weighted by atomic mass is 10.0. The lowest BCUT2D eigenvalue weighted by Gasteiger charge is -2.26. The quantitative estimate of drug-likeness (QED) is 0.0376. The Labute approximate surface area is 312 Å². The maximum absolute atomic E-state index is 12.4. The maximum Gasteiger partial charge on any atom is 0.220 e. The van der Waals surface area contributed by atoms with Gasteiger partial charge >= 0.3 is 0 Å². The third-order valence-corrected chi connectivity index (χ3v) is 10.6. The highest BCUT2D eigenvalue weighted by Gasteiger charge is 2.26. The molecule has 0 saturated carbocycles. The Morgan fingerprint density at radius 1 is 0.480 bits per heavy atom. The average molecular weight is 708 g/mol. The number of aliphatic hydroxyl groups excluding tert-OH is 3. The van der Waals surface area contributed by atoms with Crippen LogP contribution in [-0.2, 0) is 4.79 Å². The van der Waals surface area contributed by atoms with Gasteiger partial charge in [0.15, 0.2) is 0 Å². The van der Waals surface area contributed by atoms with E-state index in [4.69, 9.17) is 0 Å². The van der Waals surface area contributed by atoms with Gasteiger partial charge in [-0.25, -0.2) is 0 Å². The van der Waals surface area contributed by atoms with E-state index < -0.39 is 18.2 Å². The summed E-state index contributed by atoms with van der Waals surface area (Å²) in [5.41, 5.74) is 0. The molecule has 0 aliphatic heterocycles. The molecule has 3 atom stereocenters. The van der Waals surface area contributed by atoms with Crippen LogP contribution in [0.3, 0.4) is 0 Å². The van der Waals surface area contributed by atoms with Crippen LogP contribution in [0.2, 0.25) is 0 Å². The Morgan fingerprint density at radius 3 is 1.16 bits per heavy atom. The van der Waals surface area contributed by atoms with Gasteiger partial charge in [-0.2, -0.15) is 0 Å². The maximum atomic E-state index is 12.4. The molecule has 0 aromatic rings. The standard InChI is InChI=1S/C45H89NO4/c1-3-5-7-9-11-13-15-17-19-21-23-25-27-29-31-33-35-37-39-43(48)45(50)42(41-47)46-44(49)40-38-36-34-32-30-28-26-24-22-20-18-16-14-12-10-8-6-4-2/h31,33,42-43,45,47-48,50H,3-30,32,34-41H2,1-2H3,(H,46,49)/b33-31+. The van der Waals surface area contributed by atoms with Crippen LogP contribution in [0, 0.1) is 0 Å². The molecule has 3 unspecified atom stereocenters. The van der Waals surface area contributed by atoms with E-state index in [2.05, 4.69) is 31.3 Å². The smallest absolute Gasteiger partial charge is 0.220 e. The van der Waals surface area contributed by atoms with Gasteiger partial charge < -0.3 is 20.6 Å². The first-order valence-electron chi connectivity index (χ1n) is 22.5. The number of carbonyl (C=O) groups is 1. The molecule has 298 valence electrons. The van der Waals surface area contributed by atoms with E-state index in [1.165, 1.54) is 180 Å². The Kier molecular flexibility index (Phi) is 40.1. The van der Waals surface area contributed by atoms with Gasteiger partial charge in [0, 0.05) is 6.42 Å². The van der Waals surface area contributed by atoms with E-state index in [-0.39, 0.29) is 12.5 Å². The molecule has 0 aliphatic carbocycles. The van der Waals surface area contributed by atoms with Crippen LogP contribution >= 0.6 is 0 Å². The molecule has 5 nitrogen and oxygen atoms in total. The topological polar surface area (TPSA) is 89.8 Å². The first-order chi connectivity index (χ1) is 24.6. The number of allylic oxidation sites excluding steroid dienone is 2. The van der Waals surface area contributed by atoms with Crippen LogP contribution in [0.4, 0.5) is 0 Å². The summed E-state index contributed by atoms with van der Waals surface area (Å²) in [4.78, 5) is 12.4. The van der Waals surface area contributed by atoms with E-state index in [1.54, 1.807) is 0 Å². The molecule has 0 heterocycles. The number of unbranched alkanes of at least 4 members (excludes halogenated alkanes) is 31. The first-order valence-corrected chi connectivity index (χ1v) is 22.5. The van der Waals surface area contributed by atoms with E-state index in [9.17, 15) is 20.1 Å². The van der Waals surface area contributed by atoms with E-state index in [0.717, 1.165) is 38.5 Å². The van der Waals surface area contributed by atoms with Crippen LogP contribution in [0.25, 0.3) is 0 Å². The van der Waals surface area contributed by atoms with Crippen LogP contribution < -0.4 is 5.32 Å². The molecule has 1 amide bonds. The van der Waals surface area contributed by atoms with Gasteiger partial charge in [0.05, 0.1) is 18.8 Å². The minimum Gasteiger partial charge on any atom is -0.394 e. The van der Waals surface area contributed by atoms with Crippen molar-refractivity contribution >= 4 is 5.91 Å². The average Bonchev–Trinajstić information content (AvgIpc) is 3.12. The number of carbonyl (C=O) groups excluding carboxylic acids is 1. The molecule has 4 N–H and O–H groups in total. The van der Waals surface area contributed by atoms with Gasteiger partial charge in [-0.3, -0.25) is 4.79 Å². The summed E-state index contributed by atoms with van der Waals surface area (Å²) < 4.78 is 0. The summed E-state index contributed by atoms with van der Waals surface area (Å²) in [5, 5.41) is 33.5. The molecule has 0 saturated heterocycles. The normalized spacial score (nSPS) is 13.6. The Bertz CT molecular complexity index is 699. The highest BCUT2D eigenvalue weighted by molar-refractivity contribution is 5.76. The lowest BCUT2D eigenvalue weighted by molar-refractivity contribution is -0.124. The fourth-order valence-corrected chi connectivity index (χ4v) is 7.10. The monoisotopic (exact) mass is 708 g/mol. The number of nitrogens with one attached hydrogen (secondary N) is 1. The van der Waals surface area contributed by atoms with Crippen LogP contribution in [0.1, 0.15) is 245 Å². The zero-order valence-electron chi connectivity index (χ0n) is 33.8. The van der Waals surface area contributed by atoms with Crippen molar-refractivity contribution in [3.63, 3.8) is 0 Å². The van der Waals surface area contributed by atoms with Crippen molar-refractivity contribution in [2.45, 2.75) is 263 Å². The van der Waals surface area contributed by atoms with Gasteiger partial charge in [-0.15, -0.1) is 0 Å². The molecular weight excluding hydrogens is 618 g/mol. The highest BCUT2D eigenvalue weighted by atomic mass is 16.3. The third kappa shape index (κ3) is 35.5. The minimum atomic E-state index is -1.15. The second-order valence-electron chi connectivity index (χ2n) is 15.6. The molecule has 50 heavy (non-hydrogen) atoms. The van der Waals surface area contributed by atoms with Crippen molar-refractivity contribution in [3.8, 4) is 0 Å². The molecule has 0 fully saturated rings. The SMILES string of the molecule is CCCCCCCCCCCCCCC/C=C/CCCC(O)C(O)C(CO)NC(=O)CCCCCCCCCCCCCCCCCCCC. The zero-order chi connectivity index (χ0) is 36.6. The summed E-state index contributed by atoms with van der Waals surface area (Å²) in [5.74, 6) is -0.150. The lowest BCUT2D eigenvalue weighted by Crippen LogP contribution is -2.50. The summed E-state index contributed by atoms with van der Waals surface area (Å²) >= 11 is 0. The highest BCUT2D eigenvalue weighted by Crippen LogP contribution is 2.16. The second kappa shape index (κ2) is 40.9. The third-order valence-electron chi connectivity index (χ3n) is 10.6. The van der Waals surface area contributed by atoms with Crippen molar-refractivity contribution in [1.29, 1.82) is 0 Å². The Morgan fingerprint density at radius 2 is 0.800 bits per heavy atom. The number of amides is 1. The summed E-state index contributed by atoms with van der Waals surface area (Å²) in [6.45, 7) is 4.19. The van der Waals surface area contributed by atoms with Crippen molar-refractivity contribution in [1.82, 2.24) is 5.32 Å². The summed E-state index contributed by atoms with van der Waals surface area (Å²) in [6, 6.07) is -0.820. The molecule has 0 aliphatic rings. The van der Waals surface area contributed by atoms with E-state index in [1.807, 2.05) is 0 Å². The van der Waals surface area contributed by atoms with Gasteiger partial charge in [0.25, 0.3) is 0 Å². The molecule has 5 heteroatoms. The largest absolute Gasteiger partial charge is 0.394 e. The molecule has 0 spiro atoms. The summed E-state index contributed by atoms with van der Waals surface area (Å²) in [7, 11) is 0. The predicted molar refractivity (Wildman–Crippen MR) is 218 cm³/mol. The second-order valence-corrected chi connectivity index (χ2v) is 15.6. The Balaban J connectivity index is 3.63. The van der Waals surface area contributed by atoms with Crippen LogP contribution in [0.15, 0.2) is 12.2 Å². The van der Waals surface area contributed by atoms with Crippen LogP contribution in [0.5, 0.6) is 0 Å². The number of hydrogen-bond donors (Lipinski definition) is 4. The van der Waals surface area contributed by atoms with Crippen LogP contribution in [-0.4, -0.2) is 46.1 Å². The molecule has 0 rings (SSSR count). The van der Waals surface area contributed by atoms with Gasteiger partial charge in [-0.05, 0) is 38.5 Å². The van der Waals surface area contributed by atoms with Crippen molar-refractivity contribution < 1.29 is 20.1 Å². The fraction of sp³-hybridized carbons (Fsp3) is 0.933. The van der Waals surface area contributed by atoms with Gasteiger partial charge in [0.2, 0.25) is 5.91 Å². The molecule has 0 bridgehead atoms. The Hall–Kier alpha value is -0.910. The summed E-state index contributed by atoms with van der Waals surface area (Å²) in [6.07, 6.45) is 47.5. The van der Waals surface area contributed by atoms with E-state index >= 15 is 0 Å². The number of aliphatic hydroxyl groups is 3. The molecular formula is C45H89NO4. The van der Waals surface area contributed by atoms with Crippen molar-refractivity contribution in [2.24, 2.45) is 0 Å². The molecule has 0 radical (unpaired) electrons. The number of rotatable bonds is 41. The predicted octanol–water partition coefficient (Wildman–Crippen LogP) is 12.8. The fourth-order valence-electron chi connectivity index (χ4n) is 7.10. The first kappa shape index (κ1) is 49.1. The van der Waals surface area contributed by atoms with Gasteiger partial charge in [-0.1, -0.05) is 212 Å². The minimum absolute atomic E-state index is 0.150. The zero-order valence-corrected chi connectivity index (χ0v) is 33.8. The molecule has 0 aromatic carbocycles.